The number of aryl methyl sites for hydroxylation is 1. The molecule has 0 spiro atoms. The Morgan fingerprint density at radius 3 is 2.18 bits per heavy atom. The Bertz CT molecular complexity index is 511. The molecule has 1 nitrogen and oxygen atoms in total. The molecule has 0 bridgehead atoms. The third kappa shape index (κ3) is 2.61. The number of aromatic nitrogens is 1. The summed E-state index contributed by atoms with van der Waals surface area (Å²) in [7, 11) is 0. The number of hydrogen-bond acceptors (Lipinski definition) is 2. The monoisotopic (exact) mass is 277 g/mol. The normalized spacial score (nSPS) is 11.8. The smallest absolute Gasteiger partial charge is 0.240 e. The van der Waals surface area contributed by atoms with Gasteiger partial charge in [-0.3, -0.25) is 0 Å². The van der Waals surface area contributed by atoms with Crippen LogP contribution in [-0.2, 0) is 6.18 Å². The lowest BCUT2D eigenvalue weighted by atomic mass is 10.1. The molecule has 1 heterocycles. The van der Waals surface area contributed by atoms with Gasteiger partial charge < -0.3 is 0 Å². The molecule has 2 rings (SSSR count). The molecule has 0 N–H and O–H groups in total. The van der Waals surface area contributed by atoms with Crippen LogP contribution in [0.5, 0.6) is 0 Å². The molecule has 17 heavy (non-hydrogen) atoms. The van der Waals surface area contributed by atoms with Crippen LogP contribution in [0.1, 0.15) is 11.3 Å². The molecule has 0 unspecified atom stereocenters. The Hall–Kier alpha value is -1.07. The van der Waals surface area contributed by atoms with Crippen molar-refractivity contribution in [2.24, 2.45) is 0 Å². The van der Waals surface area contributed by atoms with Crippen LogP contribution >= 0.6 is 22.9 Å². The van der Waals surface area contributed by atoms with E-state index in [2.05, 4.69) is 4.98 Å². The average Bonchev–Trinajstić information content (AvgIpc) is 2.58. The van der Waals surface area contributed by atoms with Gasteiger partial charge in [-0.05, 0) is 19.1 Å². The second-order valence-corrected chi connectivity index (χ2v) is 5.05. The molecule has 1 aromatic carbocycles. The summed E-state index contributed by atoms with van der Waals surface area (Å²) >= 11 is 7.11. The van der Waals surface area contributed by atoms with Gasteiger partial charge in [0, 0.05) is 5.56 Å². The van der Waals surface area contributed by atoms with Crippen LogP contribution in [0.3, 0.4) is 0 Å². The number of nitrogens with zero attached hydrogens (tertiary/aromatic N) is 1. The third-order valence-corrected chi connectivity index (χ3v) is 3.70. The second kappa shape index (κ2) is 4.31. The van der Waals surface area contributed by atoms with E-state index in [9.17, 15) is 13.2 Å². The Morgan fingerprint density at radius 1 is 1.18 bits per heavy atom. The van der Waals surface area contributed by atoms with Gasteiger partial charge >= 0.3 is 6.18 Å². The second-order valence-electron chi connectivity index (χ2n) is 3.45. The van der Waals surface area contributed by atoms with Crippen molar-refractivity contribution in [2.45, 2.75) is 13.1 Å². The SMILES string of the molecule is Cc1nc(-c2ccc(C(F)(F)F)cc2)sc1Cl. The molecule has 0 aliphatic heterocycles. The summed E-state index contributed by atoms with van der Waals surface area (Å²) in [6.45, 7) is 1.76. The lowest BCUT2D eigenvalue weighted by Gasteiger charge is -2.06. The van der Waals surface area contributed by atoms with E-state index in [-0.39, 0.29) is 0 Å². The van der Waals surface area contributed by atoms with Crippen molar-refractivity contribution < 1.29 is 13.2 Å². The fourth-order valence-electron chi connectivity index (χ4n) is 1.30. The molecule has 2 aromatic rings. The number of alkyl halides is 3. The standard InChI is InChI=1S/C11H7ClF3NS/c1-6-9(12)17-10(16-6)7-2-4-8(5-3-7)11(13,14)15/h2-5H,1H3. The van der Waals surface area contributed by atoms with E-state index in [0.717, 1.165) is 12.1 Å². The van der Waals surface area contributed by atoms with Crippen LogP contribution in [0.15, 0.2) is 24.3 Å². The summed E-state index contributed by atoms with van der Waals surface area (Å²) in [5, 5.41) is 0.626. The highest BCUT2D eigenvalue weighted by Gasteiger charge is 2.30. The van der Waals surface area contributed by atoms with Gasteiger partial charge in [-0.25, -0.2) is 4.98 Å². The summed E-state index contributed by atoms with van der Waals surface area (Å²) in [5.41, 5.74) is 0.658. The van der Waals surface area contributed by atoms with Gasteiger partial charge in [-0.2, -0.15) is 13.2 Å². The highest BCUT2D eigenvalue weighted by atomic mass is 35.5. The predicted molar refractivity (Wildman–Crippen MR) is 62.3 cm³/mol. The quantitative estimate of drug-likeness (QED) is 0.730. The molecule has 0 radical (unpaired) electrons. The summed E-state index contributed by atoms with van der Waals surface area (Å²) in [6.07, 6.45) is -4.31. The highest BCUT2D eigenvalue weighted by Crippen LogP contribution is 2.34. The van der Waals surface area contributed by atoms with E-state index in [1.54, 1.807) is 6.92 Å². The molecule has 0 aliphatic rings. The molecule has 0 fully saturated rings. The molecular formula is C11H7ClF3NS. The van der Waals surface area contributed by atoms with Crippen molar-refractivity contribution in [2.75, 3.05) is 0 Å². The Labute approximate surface area is 105 Å². The first-order valence-corrected chi connectivity index (χ1v) is 5.88. The van der Waals surface area contributed by atoms with Crippen molar-refractivity contribution in [1.29, 1.82) is 0 Å². The van der Waals surface area contributed by atoms with Crippen LogP contribution in [-0.4, -0.2) is 4.98 Å². The van der Waals surface area contributed by atoms with Crippen LogP contribution in [0.25, 0.3) is 10.6 Å². The topological polar surface area (TPSA) is 12.9 Å². The first-order valence-electron chi connectivity index (χ1n) is 4.68. The maximum absolute atomic E-state index is 12.4. The van der Waals surface area contributed by atoms with Crippen LogP contribution in [0, 0.1) is 6.92 Å². The minimum atomic E-state index is -4.31. The fourth-order valence-corrected chi connectivity index (χ4v) is 2.36. The molecule has 0 aliphatic carbocycles. The minimum absolute atomic E-state index is 0.555. The van der Waals surface area contributed by atoms with E-state index in [1.807, 2.05) is 0 Å². The van der Waals surface area contributed by atoms with E-state index >= 15 is 0 Å². The molecular weight excluding hydrogens is 271 g/mol. The maximum atomic E-state index is 12.4. The van der Waals surface area contributed by atoms with Crippen LogP contribution in [0.4, 0.5) is 13.2 Å². The van der Waals surface area contributed by atoms with Crippen LogP contribution in [0.2, 0.25) is 4.34 Å². The molecule has 0 saturated carbocycles. The molecule has 90 valence electrons. The molecule has 6 heteroatoms. The lowest BCUT2D eigenvalue weighted by Crippen LogP contribution is -2.03. The van der Waals surface area contributed by atoms with Gasteiger partial charge in [0.1, 0.15) is 9.34 Å². The first kappa shape index (κ1) is 12.4. The van der Waals surface area contributed by atoms with E-state index in [0.29, 0.717) is 20.6 Å². The number of hydrogen-bond donors (Lipinski definition) is 0. The minimum Gasteiger partial charge on any atom is -0.240 e. The Kier molecular flexibility index (Phi) is 3.14. The van der Waals surface area contributed by atoms with Gasteiger partial charge in [0.25, 0.3) is 0 Å². The number of halogens is 4. The van der Waals surface area contributed by atoms with Crippen molar-refractivity contribution >= 4 is 22.9 Å². The number of rotatable bonds is 1. The lowest BCUT2D eigenvalue weighted by molar-refractivity contribution is -0.137. The van der Waals surface area contributed by atoms with Gasteiger partial charge in [0.2, 0.25) is 0 Å². The molecule has 0 amide bonds. The summed E-state index contributed by atoms with van der Waals surface area (Å²) in [4.78, 5) is 4.18. The van der Waals surface area contributed by atoms with Crippen molar-refractivity contribution in [3.63, 3.8) is 0 Å². The van der Waals surface area contributed by atoms with E-state index in [4.69, 9.17) is 11.6 Å². The zero-order valence-corrected chi connectivity index (χ0v) is 10.2. The third-order valence-electron chi connectivity index (χ3n) is 2.20. The fraction of sp³-hybridized carbons (Fsp3) is 0.182. The summed E-state index contributed by atoms with van der Waals surface area (Å²) < 4.78 is 37.6. The molecule has 0 saturated heterocycles. The predicted octanol–water partition coefficient (Wildman–Crippen LogP) is 4.79. The largest absolute Gasteiger partial charge is 0.416 e. The zero-order chi connectivity index (χ0) is 12.6. The summed E-state index contributed by atoms with van der Waals surface area (Å²) in [5.74, 6) is 0. The molecule has 1 aromatic heterocycles. The van der Waals surface area contributed by atoms with Crippen LogP contribution < -0.4 is 0 Å². The van der Waals surface area contributed by atoms with Crippen molar-refractivity contribution in [3.05, 3.63) is 39.9 Å². The van der Waals surface area contributed by atoms with Crippen molar-refractivity contribution in [1.82, 2.24) is 4.98 Å². The number of benzene rings is 1. The van der Waals surface area contributed by atoms with Gasteiger partial charge in [-0.1, -0.05) is 23.7 Å². The Balaban J connectivity index is 2.36. The number of thiazole rings is 1. The van der Waals surface area contributed by atoms with E-state index in [1.165, 1.54) is 23.5 Å². The Morgan fingerprint density at radius 2 is 1.76 bits per heavy atom. The molecule has 0 atom stereocenters. The average molecular weight is 278 g/mol. The van der Waals surface area contributed by atoms with Gasteiger partial charge in [0.15, 0.2) is 0 Å². The van der Waals surface area contributed by atoms with Crippen molar-refractivity contribution in [3.8, 4) is 10.6 Å². The van der Waals surface area contributed by atoms with E-state index < -0.39 is 11.7 Å². The first-order chi connectivity index (χ1) is 7.88. The maximum Gasteiger partial charge on any atom is 0.416 e. The zero-order valence-electron chi connectivity index (χ0n) is 8.68. The highest BCUT2D eigenvalue weighted by molar-refractivity contribution is 7.19. The van der Waals surface area contributed by atoms with Gasteiger partial charge in [0.05, 0.1) is 11.3 Å². The van der Waals surface area contributed by atoms with Gasteiger partial charge in [-0.15, -0.1) is 11.3 Å². The summed E-state index contributed by atoms with van der Waals surface area (Å²) in [6, 6.07) is 4.88.